The highest BCUT2D eigenvalue weighted by atomic mass is 32.2. The van der Waals surface area contributed by atoms with Gasteiger partial charge in [-0.2, -0.15) is 0 Å². The Balaban J connectivity index is 1.75. The number of hydrogen-bond acceptors (Lipinski definition) is 4. The summed E-state index contributed by atoms with van der Waals surface area (Å²) < 4.78 is 0. The van der Waals surface area contributed by atoms with Crippen LogP contribution < -0.4 is 5.32 Å². The Morgan fingerprint density at radius 1 is 0.973 bits per heavy atom. The van der Waals surface area contributed by atoms with E-state index in [4.69, 9.17) is 0 Å². The van der Waals surface area contributed by atoms with Crippen molar-refractivity contribution >= 4 is 29.4 Å². The zero-order chi connectivity index (χ0) is 27.5. The minimum absolute atomic E-state index is 0.0480. The number of ketones is 1. The molecule has 212 valence electrons. The van der Waals surface area contributed by atoms with E-state index in [0.717, 1.165) is 89.5 Å². The van der Waals surface area contributed by atoms with Crippen molar-refractivity contribution in [2.75, 3.05) is 18.8 Å². The molecule has 0 bridgehead atoms. The first kappa shape index (κ1) is 31.9. The second-order valence-electron chi connectivity index (χ2n) is 11.8. The molecule has 2 amide bonds. The first-order valence-corrected chi connectivity index (χ1v) is 16.1. The van der Waals surface area contributed by atoms with Crippen molar-refractivity contribution in [3.8, 4) is 0 Å². The Morgan fingerprint density at radius 3 is 2.22 bits per heavy atom. The van der Waals surface area contributed by atoms with E-state index in [1.807, 2.05) is 4.90 Å². The fraction of sp³-hybridized carbons (Fsp3) is 0.839. The largest absolute Gasteiger partial charge is 0.356 e. The van der Waals surface area contributed by atoms with Crippen molar-refractivity contribution in [1.82, 2.24) is 10.2 Å². The van der Waals surface area contributed by atoms with Crippen LogP contribution in [0.1, 0.15) is 131 Å². The molecule has 5 nitrogen and oxygen atoms in total. The lowest BCUT2D eigenvalue weighted by Gasteiger charge is -2.26. The molecule has 0 radical (unpaired) electrons. The molecule has 2 fully saturated rings. The lowest BCUT2D eigenvalue weighted by Crippen LogP contribution is -2.30. The summed E-state index contributed by atoms with van der Waals surface area (Å²) in [5, 5.41) is 3.05. The molecule has 1 saturated carbocycles. The third-order valence-corrected chi connectivity index (χ3v) is 10.7. The molecular weight excluding hydrogens is 480 g/mol. The highest BCUT2D eigenvalue weighted by Gasteiger charge is 2.38. The molecule has 1 saturated heterocycles. The minimum atomic E-state index is -0.228. The van der Waals surface area contributed by atoms with Gasteiger partial charge in [0.2, 0.25) is 11.8 Å². The summed E-state index contributed by atoms with van der Waals surface area (Å²) in [5.74, 6) is 1.44. The van der Waals surface area contributed by atoms with E-state index in [2.05, 4.69) is 46.9 Å². The zero-order valence-corrected chi connectivity index (χ0v) is 25.5. The van der Waals surface area contributed by atoms with E-state index in [1.54, 1.807) is 11.8 Å². The van der Waals surface area contributed by atoms with E-state index in [-0.39, 0.29) is 22.5 Å². The molecule has 37 heavy (non-hydrogen) atoms. The van der Waals surface area contributed by atoms with Crippen molar-refractivity contribution in [3.05, 3.63) is 11.3 Å². The number of amides is 2. The summed E-state index contributed by atoms with van der Waals surface area (Å²) in [6, 6.07) is 0. The number of carbonyl (C=O) groups excluding carboxylic acids is 3. The summed E-state index contributed by atoms with van der Waals surface area (Å²) in [7, 11) is 0. The van der Waals surface area contributed by atoms with Crippen molar-refractivity contribution in [2.24, 2.45) is 10.8 Å². The van der Waals surface area contributed by atoms with Crippen LogP contribution in [0, 0.1) is 10.8 Å². The van der Waals surface area contributed by atoms with Gasteiger partial charge >= 0.3 is 0 Å². The monoisotopic (exact) mass is 534 g/mol. The number of likely N-dealkylation sites (tertiary alicyclic amines) is 1. The molecule has 0 aromatic heterocycles. The summed E-state index contributed by atoms with van der Waals surface area (Å²) in [4.78, 5) is 40.3. The van der Waals surface area contributed by atoms with Crippen LogP contribution in [-0.2, 0) is 14.4 Å². The summed E-state index contributed by atoms with van der Waals surface area (Å²) in [6.07, 6.45) is 13.2. The van der Waals surface area contributed by atoms with Crippen molar-refractivity contribution in [1.29, 1.82) is 0 Å². The van der Waals surface area contributed by atoms with Gasteiger partial charge in [0.05, 0.1) is 5.25 Å². The normalized spacial score (nSPS) is 18.4. The first-order valence-electron chi connectivity index (χ1n) is 15.1. The summed E-state index contributed by atoms with van der Waals surface area (Å²) >= 11 is 1.68. The number of allylic oxidation sites excluding steroid dienone is 2. The van der Waals surface area contributed by atoms with Gasteiger partial charge in [-0.3, -0.25) is 14.4 Å². The van der Waals surface area contributed by atoms with Crippen LogP contribution in [0.4, 0.5) is 0 Å². The van der Waals surface area contributed by atoms with Gasteiger partial charge < -0.3 is 10.2 Å². The Labute approximate surface area is 231 Å². The smallest absolute Gasteiger partial charge is 0.240 e. The highest BCUT2D eigenvalue weighted by molar-refractivity contribution is 8.00. The van der Waals surface area contributed by atoms with E-state index in [1.165, 1.54) is 17.7 Å². The van der Waals surface area contributed by atoms with Crippen LogP contribution in [-0.4, -0.2) is 46.6 Å². The van der Waals surface area contributed by atoms with Crippen LogP contribution in [0.2, 0.25) is 0 Å². The molecule has 1 heterocycles. The molecule has 1 atom stereocenters. The van der Waals surface area contributed by atoms with Gasteiger partial charge in [-0.1, -0.05) is 66.4 Å². The Hall–Kier alpha value is -1.30. The zero-order valence-electron chi connectivity index (χ0n) is 24.7. The number of carbonyl (C=O) groups is 3. The molecule has 1 unspecified atom stereocenters. The standard InChI is InChI=1S/C31H54N2O3S/c1-7-30(5,8-2)19-20-32-28(35)17-12-11-13-21-33-25(24-15-14-16-24)23-26(29(33)36)37-22-18-27(34)31(6,9-3)10-4/h26H,7-23H2,1-6H3,(H,32,35). The molecule has 1 aliphatic heterocycles. The van der Waals surface area contributed by atoms with Crippen LogP contribution in [0.5, 0.6) is 0 Å². The molecule has 2 aliphatic rings. The molecule has 6 heteroatoms. The molecule has 1 N–H and O–H groups in total. The van der Waals surface area contributed by atoms with Crippen LogP contribution >= 0.6 is 11.8 Å². The lowest BCUT2D eigenvalue weighted by molar-refractivity contribution is -0.128. The van der Waals surface area contributed by atoms with Gasteiger partial charge in [-0.25, -0.2) is 0 Å². The number of hydrogen-bond donors (Lipinski definition) is 1. The number of unbranched alkanes of at least 4 members (excludes halogenated alkanes) is 2. The third kappa shape index (κ3) is 9.14. The maximum absolute atomic E-state index is 13.3. The molecule has 0 aromatic rings. The number of thioether (sulfide) groups is 1. The molecule has 0 spiro atoms. The van der Waals surface area contributed by atoms with E-state index in [0.29, 0.717) is 24.0 Å². The number of nitrogens with zero attached hydrogens (tertiary/aromatic N) is 1. The Morgan fingerprint density at radius 2 is 1.65 bits per heavy atom. The number of nitrogens with one attached hydrogen (secondary N) is 1. The lowest BCUT2D eigenvalue weighted by atomic mass is 9.79. The fourth-order valence-corrected chi connectivity index (χ4v) is 6.33. The fourth-order valence-electron chi connectivity index (χ4n) is 5.20. The van der Waals surface area contributed by atoms with E-state index in [9.17, 15) is 14.4 Å². The van der Waals surface area contributed by atoms with Gasteiger partial charge in [0.15, 0.2) is 0 Å². The molecular formula is C31H54N2O3S. The van der Waals surface area contributed by atoms with Gasteiger partial charge in [-0.05, 0) is 56.8 Å². The second kappa shape index (κ2) is 15.3. The van der Waals surface area contributed by atoms with E-state index < -0.39 is 0 Å². The van der Waals surface area contributed by atoms with Gasteiger partial charge in [0, 0.05) is 49.2 Å². The predicted octanol–water partition coefficient (Wildman–Crippen LogP) is 7.44. The Kier molecular flexibility index (Phi) is 13.2. The quantitative estimate of drug-likeness (QED) is 0.186. The van der Waals surface area contributed by atoms with Crippen LogP contribution in [0.15, 0.2) is 11.3 Å². The maximum Gasteiger partial charge on any atom is 0.240 e. The van der Waals surface area contributed by atoms with Crippen LogP contribution in [0.3, 0.4) is 0 Å². The second-order valence-corrected chi connectivity index (χ2v) is 13.1. The molecule has 0 aromatic carbocycles. The van der Waals surface area contributed by atoms with Gasteiger partial charge in [0.25, 0.3) is 0 Å². The maximum atomic E-state index is 13.3. The summed E-state index contributed by atoms with van der Waals surface area (Å²) in [5.41, 5.74) is 2.81. The average molecular weight is 535 g/mol. The average Bonchev–Trinajstić information content (AvgIpc) is 3.16. The third-order valence-electron chi connectivity index (χ3n) is 9.54. The van der Waals surface area contributed by atoms with Gasteiger partial charge in [-0.15, -0.1) is 11.8 Å². The predicted molar refractivity (Wildman–Crippen MR) is 157 cm³/mol. The first-order chi connectivity index (χ1) is 17.6. The van der Waals surface area contributed by atoms with Crippen molar-refractivity contribution in [2.45, 2.75) is 137 Å². The minimum Gasteiger partial charge on any atom is -0.356 e. The van der Waals surface area contributed by atoms with E-state index >= 15 is 0 Å². The van der Waals surface area contributed by atoms with Gasteiger partial charge in [0.1, 0.15) is 5.78 Å². The van der Waals surface area contributed by atoms with Crippen molar-refractivity contribution < 1.29 is 14.4 Å². The topological polar surface area (TPSA) is 66.5 Å². The highest BCUT2D eigenvalue weighted by Crippen LogP contribution is 2.40. The molecule has 1 aliphatic carbocycles. The van der Waals surface area contributed by atoms with Crippen LogP contribution in [0.25, 0.3) is 0 Å². The molecule has 2 rings (SSSR count). The SMILES string of the molecule is CCC(C)(CC)CCNC(=O)CCCCCN1C(=O)C(SCCC(=O)C(C)(CC)CC)CC1=C1CCC1. The summed E-state index contributed by atoms with van der Waals surface area (Å²) in [6.45, 7) is 14.5. The Bertz CT molecular complexity index is 792. The number of rotatable bonds is 18. The van der Waals surface area contributed by atoms with Crippen molar-refractivity contribution in [3.63, 3.8) is 0 Å². The number of Topliss-reactive ketones (excluding diaryl/α,β-unsaturated/α-hetero) is 1.